The number of anilines is 2. The van der Waals surface area contributed by atoms with E-state index in [1.165, 1.54) is 6.07 Å². The van der Waals surface area contributed by atoms with Gasteiger partial charge in [-0.25, -0.2) is 4.39 Å². The molecule has 2 N–H and O–H groups in total. The summed E-state index contributed by atoms with van der Waals surface area (Å²) in [6.45, 7) is 0.00225. The average molecular weight is 323 g/mol. The lowest BCUT2D eigenvalue weighted by atomic mass is 10.3. The van der Waals surface area contributed by atoms with Gasteiger partial charge in [0.15, 0.2) is 0 Å². The molecule has 0 saturated heterocycles. The van der Waals surface area contributed by atoms with Crippen LogP contribution in [0.4, 0.5) is 15.8 Å². The summed E-state index contributed by atoms with van der Waals surface area (Å²) in [7, 11) is 0. The van der Waals surface area contributed by atoms with Gasteiger partial charge in [0.1, 0.15) is 5.82 Å². The van der Waals surface area contributed by atoms with Crippen molar-refractivity contribution in [1.82, 2.24) is 0 Å². The second kappa shape index (κ2) is 6.33. The van der Waals surface area contributed by atoms with Crippen LogP contribution in [0.3, 0.4) is 0 Å². The van der Waals surface area contributed by atoms with E-state index in [2.05, 4.69) is 26.6 Å². The number of carbonyl (C=O) groups excluding carboxylic acids is 1. The van der Waals surface area contributed by atoms with Crippen LogP contribution in [-0.4, -0.2) is 12.5 Å². The van der Waals surface area contributed by atoms with E-state index in [1.54, 1.807) is 24.3 Å². The number of halogens is 2. The summed E-state index contributed by atoms with van der Waals surface area (Å²) < 4.78 is 14.2. The van der Waals surface area contributed by atoms with Crippen molar-refractivity contribution >= 4 is 33.2 Å². The Kier molecular flexibility index (Phi) is 4.52. The molecule has 0 aliphatic carbocycles. The maximum Gasteiger partial charge on any atom is 0.243 e. The predicted molar refractivity (Wildman–Crippen MR) is 77.7 cm³/mol. The van der Waals surface area contributed by atoms with Crippen LogP contribution in [0.1, 0.15) is 0 Å². The summed E-state index contributed by atoms with van der Waals surface area (Å²) in [5.41, 5.74) is 1.00. The molecule has 0 saturated carbocycles. The van der Waals surface area contributed by atoms with Gasteiger partial charge in [-0.1, -0.05) is 34.1 Å². The zero-order valence-electron chi connectivity index (χ0n) is 9.99. The quantitative estimate of drug-likeness (QED) is 0.902. The monoisotopic (exact) mass is 322 g/mol. The molecule has 2 aromatic rings. The Morgan fingerprint density at radius 2 is 1.89 bits per heavy atom. The molecule has 1 amide bonds. The van der Waals surface area contributed by atoms with E-state index >= 15 is 0 Å². The van der Waals surface area contributed by atoms with Crippen molar-refractivity contribution in [1.29, 1.82) is 0 Å². The molecule has 5 heteroatoms. The van der Waals surface area contributed by atoms with Crippen LogP contribution in [0.2, 0.25) is 0 Å². The third-order valence-corrected chi connectivity index (χ3v) is 2.92. The maximum atomic E-state index is 13.4. The number of rotatable bonds is 4. The Bertz CT molecular complexity index is 575. The summed E-state index contributed by atoms with van der Waals surface area (Å²) in [5.74, 6) is -0.624. The zero-order valence-corrected chi connectivity index (χ0v) is 11.6. The van der Waals surface area contributed by atoms with Crippen LogP contribution < -0.4 is 10.6 Å². The number of benzene rings is 2. The molecule has 0 unspecified atom stereocenters. The van der Waals surface area contributed by atoms with Gasteiger partial charge in [0.2, 0.25) is 5.91 Å². The maximum absolute atomic E-state index is 13.4. The lowest BCUT2D eigenvalue weighted by molar-refractivity contribution is -0.114. The van der Waals surface area contributed by atoms with Gasteiger partial charge in [-0.3, -0.25) is 4.79 Å². The first-order valence-corrected chi connectivity index (χ1v) is 6.48. The number of nitrogens with one attached hydrogen (secondary N) is 2. The zero-order chi connectivity index (χ0) is 13.7. The fourth-order valence-corrected chi connectivity index (χ4v) is 1.90. The molecule has 0 fully saturated rings. The van der Waals surface area contributed by atoms with Gasteiger partial charge in [0.05, 0.1) is 12.2 Å². The number of amides is 1. The summed E-state index contributed by atoms with van der Waals surface area (Å²) in [6.07, 6.45) is 0. The van der Waals surface area contributed by atoms with Gasteiger partial charge in [-0.05, 0) is 30.3 Å². The highest BCUT2D eigenvalue weighted by Gasteiger charge is 2.05. The molecule has 19 heavy (non-hydrogen) atoms. The molecule has 0 radical (unpaired) electrons. The van der Waals surface area contributed by atoms with Gasteiger partial charge in [-0.15, -0.1) is 0 Å². The van der Waals surface area contributed by atoms with Crippen LogP contribution in [0.5, 0.6) is 0 Å². The topological polar surface area (TPSA) is 41.1 Å². The van der Waals surface area contributed by atoms with Gasteiger partial charge >= 0.3 is 0 Å². The van der Waals surface area contributed by atoms with Gasteiger partial charge in [0, 0.05) is 10.2 Å². The number of hydrogen-bond donors (Lipinski definition) is 2. The molecule has 0 heterocycles. The molecule has 0 aromatic heterocycles. The predicted octanol–water partition coefficient (Wildman–Crippen LogP) is 3.64. The molecular weight excluding hydrogens is 311 g/mol. The fourth-order valence-electron chi connectivity index (χ4n) is 1.54. The van der Waals surface area contributed by atoms with Gasteiger partial charge < -0.3 is 10.6 Å². The Morgan fingerprint density at radius 1 is 1.16 bits per heavy atom. The Hall–Kier alpha value is -1.88. The second-order valence-electron chi connectivity index (χ2n) is 3.89. The van der Waals surface area contributed by atoms with Crippen molar-refractivity contribution in [3.63, 3.8) is 0 Å². The van der Waals surface area contributed by atoms with Crippen LogP contribution in [-0.2, 0) is 4.79 Å². The lowest BCUT2D eigenvalue weighted by Crippen LogP contribution is -2.22. The van der Waals surface area contributed by atoms with Crippen LogP contribution in [0.15, 0.2) is 53.0 Å². The fraction of sp³-hybridized carbons (Fsp3) is 0.0714. The lowest BCUT2D eigenvalue weighted by Gasteiger charge is -2.08. The number of hydrogen-bond acceptors (Lipinski definition) is 2. The first-order valence-electron chi connectivity index (χ1n) is 5.69. The summed E-state index contributed by atoms with van der Waals surface area (Å²) in [4.78, 5) is 11.7. The Morgan fingerprint density at radius 3 is 2.63 bits per heavy atom. The largest absolute Gasteiger partial charge is 0.374 e. The highest BCUT2D eigenvalue weighted by atomic mass is 79.9. The molecule has 98 valence electrons. The van der Waals surface area contributed by atoms with E-state index in [-0.39, 0.29) is 18.1 Å². The van der Waals surface area contributed by atoms with E-state index in [4.69, 9.17) is 0 Å². The highest BCUT2D eigenvalue weighted by molar-refractivity contribution is 9.10. The first kappa shape index (κ1) is 13.5. The molecule has 0 bridgehead atoms. The average Bonchev–Trinajstić information content (AvgIpc) is 2.41. The van der Waals surface area contributed by atoms with E-state index in [1.807, 2.05) is 18.2 Å². The molecule has 0 aliphatic rings. The minimum atomic E-state index is -0.393. The molecule has 0 spiro atoms. The van der Waals surface area contributed by atoms with Crippen molar-refractivity contribution < 1.29 is 9.18 Å². The summed E-state index contributed by atoms with van der Waals surface area (Å²) >= 11 is 3.25. The van der Waals surface area contributed by atoms with Gasteiger partial charge in [0.25, 0.3) is 0 Å². The third kappa shape index (κ3) is 4.06. The molecule has 2 aromatic carbocycles. The summed E-state index contributed by atoms with van der Waals surface area (Å²) in [6, 6.07) is 13.6. The minimum Gasteiger partial charge on any atom is -0.374 e. The normalized spacial score (nSPS) is 10.0. The minimum absolute atomic E-state index is 0.00225. The molecule has 3 nitrogen and oxygen atoms in total. The third-order valence-electron chi connectivity index (χ3n) is 2.43. The smallest absolute Gasteiger partial charge is 0.243 e. The molecule has 0 atom stereocenters. The standard InChI is InChI=1S/C14H12BrFN2O/c15-10-6-7-12(16)13(8-10)17-9-14(19)18-11-4-2-1-3-5-11/h1-8,17H,9H2,(H,18,19). The Labute approximate surface area is 119 Å². The van der Waals surface area contributed by atoms with E-state index in [0.29, 0.717) is 5.69 Å². The van der Waals surface area contributed by atoms with E-state index in [0.717, 1.165) is 4.47 Å². The molecule has 0 aliphatic heterocycles. The van der Waals surface area contributed by atoms with E-state index in [9.17, 15) is 9.18 Å². The Balaban J connectivity index is 1.92. The number of para-hydroxylation sites is 1. The van der Waals surface area contributed by atoms with Crippen LogP contribution in [0, 0.1) is 5.82 Å². The van der Waals surface area contributed by atoms with Crippen molar-refractivity contribution in [2.45, 2.75) is 0 Å². The SMILES string of the molecule is O=C(CNc1cc(Br)ccc1F)Nc1ccccc1. The van der Waals surface area contributed by atoms with Gasteiger partial charge in [-0.2, -0.15) is 0 Å². The van der Waals surface area contributed by atoms with Crippen molar-refractivity contribution in [3.05, 3.63) is 58.8 Å². The highest BCUT2D eigenvalue weighted by Crippen LogP contribution is 2.19. The van der Waals surface area contributed by atoms with Crippen molar-refractivity contribution in [2.75, 3.05) is 17.2 Å². The van der Waals surface area contributed by atoms with Crippen molar-refractivity contribution in [3.8, 4) is 0 Å². The number of carbonyl (C=O) groups is 1. The molecule has 2 rings (SSSR count). The second-order valence-corrected chi connectivity index (χ2v) is 4.81. The van der Waals surface area contributed by atoms with Crippen LogP contribution in [0.25, 0.3) is 0 Å². The molecular formula is C14H12BrFN2O. The first-order chi connectivity index (χ1) is 9.15. The van der Waals surface area contributed by atoms with Crippen molar-refractivity contribution in [2.24, 2.45) is 0 Å². The summed E-state index contributed by atoms with van der Waals surface area (Å²) in [5, 5.41) is 5.47. The van der Waals surface area contributed by atoms with Crippen LogP contribution >= 0.6 is 15.9 Å². The van der Waals surface area contributed by atoms with E-state index < -0.39 is 5.82 Å².